The molecule has 14 heteroatoms. The van der Waals surface area contributed by atoms with E-state index in [9.17, 15) is 26.4 Å². The number of nitrogens with two attached hydrogens (primary N) is 1. The van der Waals surface area contributed by atoms with Crippen LogP contribution in [0.3, 0.4) is 0 Å². The Morgan fingerprint density at radius 1 is 1.24 bits per heavy atom. The summed E-state index contributed by atoms with van der Waals surface area (Å²) in [4.78, 5) is 21.4. The number of alkyl halides is 3. The number of aromatic nitrogens is 2. The van der Waals surface area contributed by atoms with Crippen LogP contribution in [-0.4, -0.2) is 73.3 Å². The van der Waals surface area contributed by atoms with Gasteiger partial charge < -0.3 is 21.3 Å². The molecule has 0 radical (unpaired) electrons. The maximum absolute atomic E-state index is 12.5. The third kappa shape index (κ3) is 6.44. The van der Waals surface area contributed by atoms with Crippen molar-refractivity contribution in [1.82, 2.24) is 14.3 Å². The predicted molar refractivity (Wildman–Crippen MR) is 118 cm³/mol. The monoisotopic (exact) mass is 487 g/mol. The molecule has 3 rings (SSSR count). The number of rotatable bonds is 7. The number of benzene rings is 1. The van der Waals surface area contributed by atoms with E-state index in [1.165, 1.54) is 10.6 Å². The van der Waals surface area contributed by atoms with Crippen molar-refractivity contribution in [2.24, 2.45) is 5.73 Å². The van der Waals surface area contributed by atoms with E-state index in [1.807, 2.05) is 19.1 Å². The first kappa shape index (κ1) is 24.5. The Labute approximate surface area is 189 Å². The van der Waals surface area contributed by atoms with Gasteiger partial charge in [0.2, 0.25) is 16.0 Å². The van der Waals surface area contributed by atoms with Crippen molar-refractivity contribution in [3.63, 3.8) is 0 Å². The Morgan fingerprint density at radius 2 is 1.91 bits per heavy atom. The van der Waals surface area contributed by atoms with E-state index in [2.05, 4.69) is 25.5 Å². The van der Waals surface area contributed by atoms with Crippen LogP contribution in [0.1, 0.15) is 17.3 Å². The SMILES string of the molecule is C[C@@H]1CN(S(C)(=O)=O)CCN1c1ccc(Nc2ncc(C(N)=O)c(NCC(F)(F)F)n2)cc1. The summed E-state index contributed by atoms with van der Waals surface area (Å²) >= 11 is 0. The Balaban J connectivity index is 1.71. The molecule has 0 unspecified atom stereocenters. The van der Waals surface area contributed by atoms with Gasteiger partial charge in [-0.2, -0.15) is 22.5 Å². The second-order valence-corrected chi connectivity index (χ2v) is 9.61. The summed E-state index contributed by atoms with van der Waals surface area (Å²) < 4.78 is 62.6. The summed E-state index contributed by atoms with van der Waals surface area (Å²) in [6.07, 6.45) is -2.27. The van der Waals surface area contributed by atoms with E-state index in [4.69, 9.17) is 5.73 Å². The number of halogens is 3. The second kappa shape index (κ2) is 9.39. The van der Waals surface area contributed by atoms with Crippen LogP contribution in [0, 0.1) is 0 Å². The number of primary amides is 1. The van der Waals surface area contributed by atoms with Gasteiger partial charge in [0.05, 0.1) is 11.8 Å². The topological polar surface area (TPSA) is 134 Å². The molecule has 0 aliphatic carbocycles. The first-order chi connectivity index (χ1) is 15.3. The summed E-state index contributed by atoms with van der Waals surface area (Å²) in [5.41, 5.74) is 6.38. The molecule has 1 amide bonds. The fourth-order valence-corrected chi connectivity index (χ4v) is 4.32. The zero-order chi connectivity index (χ0) is 24.4. The highest BCUT2D eigenvalue weighted by molar-refractivity contribution is 7.88. The van der Waals surface area contributed by atoms with Crippen molar-refractivity contribution in [3.8, 4) is 0 Å². The standard InChI is InChI=1S/C19H24F3N7O3S/c1-12-10-28(33(2,31)32)7-8-29(12)14-5-3-13(4-6-14)26-18-24-9-15(16(23)30)17(27-18)25-11-19(20,21)22/h3-6,9,12H,7-8,10-11H2,1-2H3,(H2,23,30)(H2,24,25,26,27)/t12-/m1/s1. The minimum atomic E-state index is -4.51. The molecule has 1 aromatic heterocycles. The molecule has 0 spiro atoms. The summed E-state index contributed by atoms with van der Waals surface area (Å²) in [6.45, 7) is 1.85. The molecule has 1 aliphatic heterocycles. The molecule has 33 heavy (non-hydrogen) atoms. The van der Waals surface area contributed by atoms with Crippen molar-refractivity contribution in [3.05, 3.63) is 36.0 Å². The number of nitrogens with zero attached hydrogens (tertiary/aromatic N) is 4. The normalized spacial score (nSPS) is 17.6. The van der Waals surface area contributed by atoms with Gasteiger partial charge in [-0.25, -0.2) is 13.4 Å². The fourth-order valence-electron chi connectivity index (χ4n) is 3.42. The van der Waals surface area contributed by atoms with Crippen molar-refractivity contribution in [2.45, 2.75) is 19.1 Å². The number of nitrogens with one attached hydrogen (secondary N) is 2. The van der Waals surface area contributed by atoms with Crippen LogP contribution in [0.25, 0.3) is 0 Å². The van der Waals surface area contributed by atoms with Crippen LogP contribution in [0.5, 0.6) is 0 Å². The number of carbonyl (C=O) groups excluding carboxylic acids is 1. The smallest absolute Gasteiger partial charge is 0.366 e. The highest BCUT2D eigenvalue weighted by Crippen LogP contribution is 2.25. The van der Waals surface area contributed by atoms with Crippen LogP contribution in [0.4, 0.5) is 36.3 Å². The van der Waals surface area contributed by atoms with Gasteiger partial charge in [0.25, 0.3) is 5.91 Å². The molecule has 2 aromatic rings. The van der Waals surface area contributed by atoms with E-state index in [1.54, 1.807) is 12.1 Å². The zero-order valence-corrected chi connectivity index (χ0v) is 18.7. The highest BCUT2D eigenvalue weighted by Gasteiger charge is 2.29. The minimum absolute atomic E-state index is 0.0208. The average Bonchev–Trinajstić information content (AvgIpc) is 2.71. The van der Waals surface area contributed by atoms with Crippen LogP contribution in [0.15, 0.2) is 30.5 Å². The first-order valence-corrected chi connectivity index (χ1v) is 11.7. The van der Waals surface area contributed by atoms with Crippen LogP contribution < -0.4 is 21.3 Å². The number of piperazine rings is 1. The van der Waals surface area contributed by atoms with Crippen LogP contribution >= 0.6 is 0 Å². The molecule has 0 saturated carbocycles. The summed E-state index contributed by atoms with van der Waals surface area (Å²) in [6, 6.07) is 7.10. The highest BCUT2D eigenvalue weighted by atomic mass is 32.2. The number of carbonyl (C=O) groups is 1. The molecule has 2 heterocycles. The van der Waals surface area contributed by atoms with Gasteiger partial charge in [-0.15, -0.1) is 0 Å². The predicted octanol–water partition coefficient (Wildman–Crippen LogP) is 1.76. The Kier molecular flexibility index (Phi) is 6.97. The van der Waals surface area contributed by atoms with Gasteiger partial charge in [0.15, 0.2) is 0 Å². The number of anilines is 4. The van der Waals surface area contributed by atoms with E-state index in [0.717, 1.165) is 11.9 Å². The van der Waals surface area contributed by atoms with Gasteiger partial charge in [0, 0.05) is 43.2 Å². The molecular formula is C19H24F3N7O3S. The van der Waals surface area contributed by atoms with Crippen molar-refractivity contribution < 1.29 is 26.4 Å². The Morgan fingerprint density at radius 3 is 2.45 bits per heavy atom. The van der Waals surface area contributed by atoms with Crippen LogP contribution in [-0.2, 0) is 10.0 Å². The lowest BCUT2D eigenvalue weighted by Crippen LogP contribution is -2.53. The van der Waals surface area contributed by atoms with E-state index in [-0.39, 0.29) is 23.4 Å². The average molecular weight is 488 g/mol. The van der Waals surface area contributed by atoms with Gasteiger partial charge in [-0.1, -0.05) is 0 Å². The zero-order valence-electron chi connectivity index (χ0n) is 17.9. The molecule has 1 aliphatic rings. The lowest BCUT2D eigenvalue weighted by atomic mass is 10.1. The van der Waals surface area contributed by atoms with Gasteiger partial charge >= 0.3 is 6.18 Å². The number of hydrogen-bond acceptors (Lipinski definition) is 8. The van der Waals surface area contributed by atoms with E-state index < -0.39 is 28.7 Å². The molecular weight excluding hydrogens is 463 g/mol. The lowest BCUT2D eigenvalue weighted by Gasteiger charge is -2.40. The first-order valence-electron chi connectivity index (χ1n) is 9.90. The van der Waals surface area contributed by atoms with E-state index in [0.29, 0.717) is 25.3 Å². The molecule has 10 nitrogen and oxygen atoms in total. The van der Waals surface area contributed by atoms with Gasteiger partial charge in [-0.3, -0.25) is 4.79 Å². The third-order valence-electron chi connectivity index (χ3n) is 5.02. The van der Waals surface area contributed by atoms with Crippen molar-refractivity contribution in [1.29, 1.82) is 0 Å². The van der Waals surface area contributed by atoms with Gasteiger partial charge in [-0.05, 0) is 31.2 Å². The second-order valence-electron chi connectivity index (χ2n) is 7.62. The largest absolute Gasteiger partial charge is 0.405 e. The summed E-state index contributed by atoms with van der Waals surface area (Å²) in [7, 11) is -3.24. The number of sulfonamides is 1. The summed E-state index contributed by atoms with van der Waals surface area (Å²) in [5.74, 6) is -1.31. The van der Waals surface area contributed by atoms with Crippen molar-refractivity contribution in [2.75, 3.05) is 48.0 Å². The Bertz CT molecular complexity index is 1110. The van der Waals surface area contributed by atoms with Crippen molar-refractivity contribution >= 4 is 39.1 Å². The maximum atomic E-state index is 12.5. The quantitative estimate of drug-likeness (QED) is 0.538. The minimum Gasteiger partial charge on any atom is -0.366 e. The number of hydrogen-bond donors (Lipinski definition) is 3. The van der Waals surface area contributed by atoms with E-state index >= 15 is 0 Å². The number of amides is 1. The molecule has 1 fully saturated rings. The maximum Gasteiger partial charge on any atom is 0.405 e. The summed E-state index contributed by atoms with van der Waals surface area (Å²) in [5, 5.41) is 4.94. The Hall–Kier alpha value is -3.13. The third-order valence-corrected chi connectivity index (χ3v) is 6.29. The van der Waals surface area contributed by atoms with Gasteiger partial charge in [0.1, 0.15) is 12.4 Å². The molecule has 1 aromatic carbocycles. The molecule has 1 saturated heterocycles. The molecule has 0 bridgehead atoms. The fraction of sp³-hybridized carbons (Fsp3) is 0.421. The van der Waals surface area contributed by atoms with Crippen LogP contribution in [0.2, 0.25) is 0 Å². The molecule has 180 valence electrons. The molecule has 1 atom stereocenters. The molecule has 4 N–H and O–H groups in total. The lowest BCUT2D eigenvalue weighted by molar-refractivity contribution is -0.115.